The minimum atomic E-state index is -3.37. The molecule has 0 amide bonds. The molecule has 136 valence electrons. The monoisotopic (exact) mass is 388 g/mol. The summed E-state index contributed by atoms with van der Waals surface area (Å²) >= 11 is 6.46. The van der Waals surface area contributed by atoms with Gasteiger partial charge >= 0.3 is 0 Å². The third-order valence-corrected chi connectivity index (χ3v) is 6.04. The first-order valence-electron chi connectivity index (χ1n) is 8.32. The molecule has 0 radical (unpaired) electrons. The second-order valence-electron chi connectivity index (χ2n) is 6.63. The summed E-state index contributed by atoms with van der Waals surface area (Å²) in [6, 6.07) is 15.3. The molecule has 0 fully saturated rings. The van der Waals surface area contributed by atoms with E-state index in [1.807, 2.05) is 62.4 Å². The van der Waals surface area contributed by atoms with E-state index >= 15 is 0 Å². The molecule has 0 atom stereocenters. The summed E-state index contributed by atoms with van der Waals surface area (Å²) in [4.78, 5) is 0. The summed E-state index contributed by atoms with van der Waals surface area (Å²) in [5.41, 5.74) is 4.90. The third-order valence-electron chi connectivity index (χ3n) is 4.15. The number of hydrogen-bond acceptors (Lipinski definition) is 3. The largest absolute Gasteiger partial charge is 0.228 e. The zero-order chi connectivity index (χ0) is 18.9. The highest BCUT2D eigenvalue weighted by atomic mass is 35.5. The van der Waals surface area contributed by atoms with E-state index < -0.39 is 9.84 Å². The Hall–Kier alpha value is -2.11. The Bertz CT molecular complexity index is 1020. The predicted molar refractivity (Wildman–Crippen MR) is 106 cm³/mol. The highest BCUT2D eigenvalue weighted by Crippen LogP contribution is 2.26. The molecule has 1 heterocycles. The number of aryl methyl sites for hydroxylation is 3. The Labute approximate surface area is 159 Å². The smallest absolute Gasteiger partial charge is 0.158 e. The molecule has 1 aromatic heterocycles. The van der Waals surface area contributed by atoms with Crippen molar-refractivity contribution in [1.82, 2.24) is 9.78 Å². The topological polar surface area (TPSA) is 52.0 Å². The normalized spacial score (nSPS) is 11.7. The summed E-state index contributed by atoms with van der Waals surface area (Å²) < 4.78 is 27.1. The third kappa shape index (κ3) is 4.17. The van der Waals surface area contributed by atoms with Crippen molar-refractivity contribution in [3.05, 3.63) is 81.6 Å². The number of halogens is 1. The molecule has 0 bridgehead atoms. The second kappa shape index (κ2) is 7.25. The summed E-state index contributed by atoms with van der Waals surface area (Å²) in [5.74, 6) is -0.140. The van der Waals surface area contributed by atoms with E-state index in [1.54, 1.807) is 11.6 Å². The van der Waals surface area contributed by atoms with Gasteiger partial charge in [0.25, 0.3) is 0 Å². The minimum absolute atomic E-state index is 0.0121. The van der Waals surface area contributed by atoms with E-state index in [-0.39, 0.29) is 11.5 Å². The molecule has 0 saturated carbocycles. The van der Waals surface area contributed by atoms with Gasteiger partial charge in [-0.15, -0.1) is 0 Å². The molecule has 0 aliphatic rings. The maximum absolute atomic E-state index is 12.7. The lowest BCUT2D eigenvalue weighted by Crippen LogP contribution is -2.09. The van der Waals surface area contributed by atoms with Crippen molar-refractivity contribution in [3.63, 3.8) is 0 Å². The van der Waals surface area contributed by atoms with Gasteiger partial charge < -0.3 is 0 Å². The van der Waals surface area contributed by atoms with Gasteiger partial charge in [0.2, 0.25) is 0 Å². The van der Waals surface area contributed by atoms with Gasteiger partial charge in [0.1, 0.15) is 5.15 Å². The van der Waals surface area contributed by atoms with Gasteiger partial charge in [0.05, 0.1) is 22.9 Å². The van der Waals surface area contributed by atoms with Gasteiger partial charge in [-0.1, -0.05) is 59.1 Å². The SMILES string of the molecule is Cc1cc(C)cc(CS(=O)(=O)Cc2c(C)nn(-c3ccccc3)c2Cl)c1. The zero-order valence-corrected chi connectivity index (χ0v) is 16.6. The van der Waals surface area contributed by atoms with E-state index in [0.717, 1.165) is 22.4 Å². The molecule has 6 heteroatoms. The molecular weight excluding hydrogens is 368 g/mol. The Kier molecular flexibility index (Phi) is 5.21. The average Bonchev–Trinajstić information content (AvgIpc) is 2.82. The lowest BCUT2D eigenvalue weighted by molar-refractivity contribution is 0.594. The molecule has 0 aliphatic carbocycles. The highest BCUT2D eigenvalue weighted by Gasteiger charge is 2.21. The molecule has 0 aliphatic heterocycles. The van der Waals surface area contributed by atoms with Crippen LogP contribution in [0, 0.1) is 20.8 Å². The number of aromatic nitrogens is 2. The number of benzene rings is 2. The highest BCUT2D eigenvalue weighted by molar-refractivity contribution is 7.89. The Balaban J connectivity index is 1.89. The summed E-state index contributed by atoms with van der Waals surface area (Å²) in [6.45, 7) is 5.72. The van der Waals surface area contributed by atoms with Gasteiger partial charge in [-0.05, 0) is 38.5 Å². The lowest BCUT2D eigenvalue weighted by Gasteiger charge is -2.07. The van der Waals surface area contributed by atoms with Crippen LogP contribution < -0.4 is 0 Å². The molecule has 0 spiro atoms. The maximum atomic E-state index is 12.7. The molecule has 4 nitrogen and oxygen atoms in total. The molecule has 0 unspecified atom stereocenters. The number of para-hydroxylation sites is 1. The Morgan fingerprint density at radius 1 is 0.962 bits per heavy atom. The standard InChI is InChI=1S/C20H21ClN2O2S/c1-14-9-15(2)11-17(10-14)12-26(24,25)13-19-16(3)22-23(20(19)21)18-7-5-4-6-8-18/h4-11H,12-13H2,1-3H3. The van der Waals surface area contributed by atoms with Crippen molar-refractivity contribution in [2.24, 2.45) is 0 Å². The van der Waals surface area contributed by atoms with Crippen LogP contribution in [0.25, 0.3) is 5.69 Å². The number of hydrogen-bond donors (Lipinski definition) is 0. The van der Waals surface area contributed by atoms with Crippen molar-refractivity contribution in [2.75, 3.05) is 0 Å². The van der Waals surface area contributed by atoms with Crippen LogP contribution >= 0.6 is 11.6 Å². The van der Waals surface area contributed by atoms with Crippen LogP contribution in [0.5, 0.6) is 0 Å². The zero-order valence-electron chi connectivity index (χ0n) is 15.0. The van der Waals surface area contributed by atoms with Crippen molar-refractivity contribution < 1.29 is 8.42 Å². The fourth-order valence-electron chi connectivity index (χ4n) is 3.11. The molecule has 2 aromatic carbocycles. The van der Waals surface area contributed by atoms with E-state index in [9.17, 15) is 8.42 Å². The van der Waals surface area contributed by atoms with Crippen molar-refractivity contribution in [1.29, 1.82) is 0 Å². The first-order chi connectivity index (χ1) is 12.2. The lowest BCUT2D eigenvalue weighted by atomic mass is 10.1. The summed E-state index contributed by atoms with van der Waals surface area (Å²) in [6.07, 6.45) is 0. The van der Waals surface area contributed by atoms with Crippen LogP contribution in [0.2, 0.25) is 5.15 Å². The fourth-order valence-corrected chi connectivity index (χ4v) is 5.09. The van der Waals surface area contributed by atoms with Gasteiger partial charge in [-0.3, -0.25) is 0 Å². The van der Waals surface area contributed by atoms with E-state index in [0.29, 0.717) is 16.4 Å². The Morgan fingerprint density at radius 3 is 2.19 bits per heavy atom. The van der Waals surface area contributed by atoms with Crippen LogP contribution in [0.4, 0.5) is 0 Å². The van der Waals surface area contributed by atoms with Crippen LogP contribution in [0.3, 0.4) is 0 Å². The van der Waals surface area contributed by atoms with Crippen LogP contribution in [0.1, 0.15) is 27.9 Å². The first kappa shape index (κ1) is 18.7. The molecule has 3 rings (SSSR count). The second-order valence-corrected chi connectivity index (χ2v) is 9.05. The van der Waals surface area contributed by atoms with E-state index in [4.69, 9.17) is 11.6 Å². The van der Waals surface area contributed by atoms with E-state index in [1.165, 1.54) is 0 Å². The van der Waals surface area contributed by atoms with Crippen molar-refractivity contribution in [2.45, 2.75) is 32.3 Å². The summed E-state index contributed by atoms with van der Waals surface area (Å²) in [5, 5.41) is 4.77. The number of rotatable bonds is 5. The quantitative estimate of drug-likeness (QED) is 0.643. The first-order valence-corrected chi connectivity index (χ1v) is 10.5. The van der Waals surface area contributed by atoms with Crippen molar-refractivity contribution in [3.8, 4) is 5.69 Å². The molecule has 26 heavy (non-hydrogen) atoms. The molecule has 0 saturated heterocycles. The van der Waals surface area contributed by atoms with Crippen LogP contribution in [0.15, 0.2) is 48.5 Å². The number of sulfone groups is 1. The van der Waals surface area contributed by atoms with Gasteiger partial charge in [0, 0.05) is 5.56 Å². The number of nitrogens with zero attached hydrogens (tertiary/aromatic N) is 2. The van der Waals surface area contributed by atoms with Crippen LogP contribution in [-0.2, 0) is 21.3 Å². The fraction of sp³-hybridized carbons (Fsp3) is 0.250. The maximum Gasteiger partial charge on any atom is 0.158 e. The van der Waals surface area contributed by atoms with Gasteiger partial charge in [0.15, 0.2) is 9.84 Å². The van der Waals surface area contributed by atoms with Gasteiger partial charge in [-0.2, -0.15) is 5.10 Å². The Morgan fingerprint density at radius 2 is 1.58 bits per heavy atom. The molecule has 0 N–H and O–H groups in total. The van der Waals surface area contributed by atoms with Crippen LogP contribution in [-0.4, -0.2) is 18.2 Å². The molecular formula is C20H21ClN2O2S. The summed E-state index contributed by atoms with van der Waals surface area (Å²) in [7, 11) is -3.37. The molecule has 3 aromatic rings. The van der Waals surface area contributed by atoms with Crippen molar-refractivity contribution >= 4 is 21.4 Å². The average molecular weight is 389 g/mol. The minimum Gasteiger partial charge on any atom is -0.228 e. The van der Waals surface area contributed by atoms with Gasteiger partial charge in [-0.25, -0.2) is 13.1 Å². The predicted octanol–water partition coefficient (Wildman–Crippen LogP) is 4.57. The van der Waals surface area contributed by atoms with E-state index in [2.05, 4.69) is 5.10 Å².